The fourth-order valence-electron chi connectivity index (χ4n) is 4.23. The third kappa shape index (κ3) is 3.27. The summed E-state index contributed by atoms with van der Waals surface area (Å²) in [5.41, 5.74) is 0.577. The Morgan fingerprint density at radius 3 is 2.52 bits per heavy atom. The van der Waals surface area contributed by atoms with Crippen LogP contribution in [0.1, 0.15) is 49.3 Å². The molecule has 0 aliphatic heterocycles. The second-order valence-corrected chi connectivity index (χ2v) is 7.04. The summed E-state index contributed by atoms with van der Waals surface area (Å²) in [6.45, 7) is 1.39. The van der Waals surface area contributed by atoms with E-state index in [0.717, 1.165) is 0 Å². The Balaban J connectivity index is 2.18. The van der Waals surface area contributed by atoms with Crippen molar-refractivity contribution in [2.24, 2.45) is 5.92 Å². The van der Waals surface area contributed by atoms with Gasteiger partial charge in [0, 0.05) is 12.8 Å². The molecular weight excluding hydrogens is 326 g/mol. The molecule has 1 saturated carbocycles. The molecule has 2 aliphatic rings. The van der Waals surface area contributed by atoms with Gasteiger partial charge in [0.15, 0.2) is 5.75 Å². The zero-order chi connectivity index (χ0) is 18.3. The lowest BCUT2D eigenvalue weighted by molar-refractivity contribution is -0.119. The maximum atomic E-state index is 12.1. The predicted octanol–water partition coefficient (Wildman–Crippen LogP) is -0.0904. The minimum atomic E-state index is -1.28. The van der Waals surface area contributed by atoms with Crippen molar-refractivity contribution in [1.82, 2.24) is 5.32 Å². The van der Waals surface area contributed by atoms with Crippen molar-refractivity contribution in [3.63, 3.8) is 0 Å². The standard InChI is InChI=1S/C18H23NO6/c1-8(20)19-12-4-2-9-6-15(23)17(24)18(25)16(9)10-3-5-13(21)14(22)7-11(10)12/h3,5,7,9,12,15-18,23-25H,2,4,6H2,1H3,(H,19,20)(H,21,22). The van der Waals surface area contributed by atoms with Crippen LogP contribution in [0, 0.1) is 5.92 Å². The average Bonchev–Trinajstić information content (AvgIpc) is 2.77. The Bertz CT molecular complexity index is 736. The number of hydrogen-bond donors (Lipinski definition) is 5. The van der Waals surface area contributed by atoms with Crippen molar-refractivity contribution in [2.75, 3.05) is 0 Å². The van der Waals surface area contributed by atoms with Gasteiger partial charge in [-0.15, -0.1) is 0 Å². The summed E-state index contributed by atoms with van der Waals surface area (Å²) in [5.74, 6) is -1.26. The zero-order valence-corrected chi connectivity index (χ0v) is 13.9. The van der Waals surface area contributed by atoms with Gasteiger partial charge in [-0.05, 0) is 48.4 Å². The molecule has 136 valence electrons. The molecule has 0 spiro atoms. The zero-order valence-electron chi connectivity index (χ0n) is 13.9. The van der Waals surface area contributed by atoms with Crippen LogP contribution in [0.25, 0.3) is 0 Å². The van der Waals surface area contributed by atoms with Crippen LogP contribution in [0.2, 0.25) is 0 Å². The number of amides is 1. The van der Waals surface area contributed by atoms with Gasteiger partial charge in [-0.2, -0.15) is 0 Å². The number of nitrogens with one attached hydrogen (secondary N) is 1. The Morgan fingerprint density at radius 1 is 1.12 bits per heavy atom. The second-order valence-electron chi connectivity index (χ2n) is 7.04. The maximum Gasteiger partial charge on any atom is 0.220 e. The number of carbonyl (C=O) groups excluding carboxylic acids is 1. The first-order valence-electron chi connectivity index (χ1n) is 8.48. The van der Waals surface area contributed by atoms with E-state index in [9.17, 15) is 30.0 Å². The van der Waals surface area contributed by atoms with Crippen molar-refractivity contribution in [1.29, 1.82) is 0 Å². The summed E-state index contributed by atoms with van der Waals surface area (Å²) in [6, 6.07) is 3.70. The third-order valence-corrected chi connectivity index (χ3v) is 5.40. The molecule has 1 aromatic carbocycles. The molecule has 25 heavy (non-hydrogen) atoms. The lowest BCUT2D eigenvalue weighted by Gasteiger charge is -2.41. The number of hydrogen-bond acceptors (Lipinski definition) is 6. The molecular formula is C18H23NO6. The molecule has 0 saturated heterocycles. The summed E-state index contributed by atoms with van der Waals surface area (Å²) in [7, 11) is 0. The van der Waals surface area contributed by atoms with Crippen molar-refractivity contribution >= 4 is 5.91 Å². The quantitative estimate of drug-likeness (QED) is 0.482. The fraction of sp³-hybridized carbons (Fsp3) is 0.556. The minimum Gasteiger partial charge on any atom is -0.504 e. The van der Waals surface area contributed by atoms with Gasteiger partial charge >= 0.3 is 0 Å². The Kier molecular flexibility index (Phi) is 4.81. The van der Waals surface area contributed by atoms with E-state index in [4.69, 9.17) is 0 Å². The van der Waals surface area contributed by atoms with E-state index < -0.39 is 41.4 Å². The molecule has 0 bridgehead atoms. The molecule has 3 rings (SSSR count). The van der Waals surface area contributed by atoms with E-state index in [2.05, 4.69) is 5.32 Å². The fourth-order valence-corrected chi connectivity index (χ4v) is 4.23. The molecule has 6 atom stereocenters. The van der Waals surface area contributed by atoms with E-state index in [0.29, 0.717) is 30.4 Å². The third-order valence-electron chi connectivity index (χ3n) is 5.40. The summed E-state index contributed by atoms with van der Waals surface area (Å²) in [4.78, 5) is 23.7. The summed E-state index contributed by atoms with van der Waals surface area (Å²) >= 11 is 0. The van der Waals surface area contributed by atoms with Gasteiger partial charge < -0.3 is 25.7 Å². The first kappa shape index (κ1) is 17.8. The highest BCUT2D eigenvalue weighted by atomic mass is 16.4. The second kappa shape index (κ2) is 6.74. The van der Waals surface area contributed by atoms with Gasteiger partial charge in [0.1, 0.15) is 6.10 Å². The van der Waals surface area contributed by atoms with Gasteiger partial charge in [-0.25, -0.2) is 0 Å². The average molecular weight is 349 g/mol. The lowest BCUT2D eigenvalue weighted by Crippen LogP contribution is -2.49. The largest absolute Gasteiger partial charge is 0.504 e. The summed E-state index contributed by atoms with van der Waals surface area (Å²) in [5, 5.41) is 43.3. The number of aliphatic hydroxyl groups is 3. The molecule has 0 aromatic heterocycles. The van der Waals surface area contributed by atoms with E-state index in [1.54, 1.807) is 6.07 Å². The highest BCUT2D eigenvalue weighted by Gasteiger charge is 2.45. The topological polar surface area (TPSA) is 127 Å². The number of aliphatic hydroxyl groups excluding tert-OH is 3. The Hall–Kier alpha value is -1.96. The van der Waals surface area contributed by atoms with Crippen LogP contribution in [0.3, 0.4) is 0 Å². The predicted molar refractivity (Wildman–Crippen MR) is 89.0 cm³/mol. The van der Waals surface area contributed by atoms with Crippen molar-refractivity contribution in [2.45, 2.75) is 56.5 Å². The van der Waals surface area contributed by atoms with Crippen LogP contribution in [-0.4, -0.2) is 44.6 Å². The SMILES string of the molecule is CC(=O)NC1CCC2CC(O)C(O)C(O)C2c2ccc(O)c(=O)cc21. The van der Waals surface area contributed by atoms with Gasteiger partial charge in [-0.3, -0.25) is 9.59 Å². The van der Waals surface area contributed by atoms with E-state index in [1.807, 2.05) is 0 Å². The lowest BCUT2D eigenvalue weighted by atomic mass is 9.70. The molecule has 0 radical (unpaired) electrons. The van der Waals surface area contributed by atoms with Gasteiger partial charge in [0.2, 0.25) is 11.3 Å². The molecule has 7 heteroatoms. The van der Waals surface area contributed by atoms with E-state index >= 15 is 0 Å². The molecule has 1 aromatic rings. The molecule has 7 nitrogen and oxygen atoms in total. The van der Waals surface area contributed by atoms with Gasteiger partial charge in [0.05, 0.1) is 18.2 Å². The van der Waals surface area contributed by atoms with E-state index in [-0.39, 0.29) is 11.8 Å². The van der Waals surface area contributed by atoms with Crippen LogP contribution in [0.15, 0.2) is 23.0 Å². The van der Waals surface area contributed by atoms with Crippen molar-refractivity contribution < 1.29 is 25.2 Å². The highest BCUT2D eigenvalue weighted by molar-refractivity contribution is 5.73. The normalized spacial score (nSPS) is 34.4. The number of fused-ring (bicyclic) bond motifs is 3. The first-order chi connectivity index (χ1) is 11.8. The smallest absolute Gasteiger partial charge is 0.220 e. The minimum absolute atomic E-state index is 0.106. The maximum absolute atomic E-state index is 12.1. The molecule has 2 aliphatic carbocycles. The molecule has 6 unspecified atom stereocenters. The van der Waals surface area contributed by atoms with Crippen LogP contribution < -0.4 is 10.7 Å². The number of rotatable bonds is 1. The summed E-state index contributed by atoms with van der Waals surface area (Å²) in [6.07, 6.45) is -2.01. The van der Waals surface area contributed by atoms with Crippen LogP contribution in [0.4, 0.5) is 0 Å². The summed E-state index contributed by atoms with van der Waals surface area (Å²) < 4.78 is 0. The van der Waals surface area contributed by atoms with Crippen molar-refractivity contribution in [3.05, 3.63) is 39.5 Å². The Morgan fingerprint density at radius 2 is 1.84 bits per heavy atom. The van der Waals surface area contributed by atoms with Crippen molar-refractivity contribution in [3.8, 4) is 5.75 Å². The molecule has 1 amide bonds. The number of carbonyl (C=O) groups is 1. The number of aromatic hydroxyl groups is 1. The van der Waals surface area contributed by atoms with Crippen LogP contribution in [-0.2, 0) is 4.79 Å². The first-order valence-corrected chi connectivity index (χ1v) is 8.48. The monoisotopic (exact) mass is 349 g/mol. The van der Waals surface area contributed by atoms with Crippen LogP contribution >= 0.6 is 0 Å². The molecule has 5 N–H and O–H groups in total. The highest BCUT2D eigenvalue weighted by Crippen LogP contribution is 2.46. The Labute approximate surface area is 144 Å². The van der Waals surface area contributed by atoms with Gasteiger partial charge in [-0.1, -0.05) is 6.07 Å². The van der Waals surface area contributed by atoms with Gasteiger partial charge in [0.25, 0.3) is 0 Å². The van der Waals surface area contributed by atoms with Crippen LogP contribution in [0.5, 0.6) is 5.75 Å². The van der Waals surface area contributed by atoms with E-state index in [1.165, 1.54) is 19.1 Å². The molecule has 0 heterocycles. The molecule has 1 fully saturated rings.